The topological polar surface area (TPSA) is 105 Å². The first kappa shape index (κ1) is 25.3. The van der Waals surface area contributed by atoms with Gasteiger partial charge in [0.05, 0.1) is 18.0 Å². The number of aryl methyl sites for hydroxylation is 1. The smallest absolute Gasteiger partial charge is 0.243 e. The maximum absolute atomic E-state index is 12.5. The number of sulfonamides is 1. The molecule has 0 atom stereocenters. The van der Waals surface area contributed by atoms with Crippen LogP contribution >= 0.6 is 24.0 Å². The zero-order valence-electron chi connectivity index (χ0n) is 17.5. The summed E-state index contributed by atoms with van der Waals surface area (Å²) in [5, 5.41) is 10.4. The average Bonchev–Trinajstić information content (AvgIpc) is 3.08. The lowest BCUT2D eigenvalue weighted by Gasteiger charge is -2.21. The van der Waals surface area contributed by atoms with Crippen molar-refractivity contribution in [2.45, 2.75) is 44.8 Å². The van der Waals surface area contributed by atoms with E-state index in [1.807, 2.05) is 27.8 Å². The van der Waals surface area contributed by atoms with Crippen LogP contribution in [0.5, 0.6) is 0 Å². The van der Waals surface area contributed by atoms with Gasteiger partial charge in [-0.05, 0) is 38.5 Å². The highest BCUT2D eigenvalue weighted by Gasteiger charge is 2.22. The number of hydrogen-bond acceptors (Lipinski definition) is 5. The van der Waals surface area contributed by atoms with E-state index in [0.29, 0.717) is 19.0 Å². The van der Waals surface area contributed by atoms with Crippen LogP contribution in [0.25, 0.3) is 0 Å². The molecule has 1 aromatic heterocycles. The van der Waals surface area contributed by atoms with Crippen LogP contribution in [0.2, 0.25) is 0 Å². The van der Waals surface area contributed by atoms with E-state index in [1.165, 1.54) is 10.6 Å². The Bertz CT molecular complexity index is 895. The van der Waals surface area contributed by atoms with Crippen molar-refractivity contribution < 1.29 is 8.42 Å². The standard InChI is InChI=1S/C18H29N7O2S.HI/c1-6-19-18(21-12-17-22-13-23-24(17)4)20-11-15-7-9-16(10-8-15)28(26,27)25(5)14(2)3;/h7-10,13-14H,6,11-12H2,1-5H3,(H2,19,20,21);1H. The molecule has 2 N–H and O–H groups in total. The zero-order valence-corrected chi connectivity index (χ0v) is 20.6. The Labute approximate surface area is 190 Å². The van der Waals surface area contributed by atoms with E-state index in [4.69, 9.17) is 0 Å². The number of guanidine groups is 1. The van der Waals surface area contributed by atoms with E-state index in [-0.39, 0.29) is 34.9 Å². The number of aromatic nitrogens is 3. The number of aliphatic imine (C=N–C) groups is 1. The molecule has 0 fully saturated rings. The van der Waals surface area contributed by atoms with E-state index in [1.54, 1.807) is 36.0 Å². The minimum absolute atomic E-state index is 0. The largest absolute Gasteiger partial charge is 0.357 e. The lowest BCUT2D eigenvalue weighted by molar-refractivity contribution is 0.410. The SMILES string of the molecule is CCNC(=NCc1ccc(S(=O)(=O)N(C)C(C)C)cc1)NCc1ncnn1C.I. The van der Waals surface area contributed by atoms with E-state index in [9.17, 15) is 8.42 Å². The summed E-state index contributed by atoms with van der Waals surface area (Å²) in [7, 11) is -0.0543. The van der Waals surface area contributed by atoms with Crippen molar-refractivity contribution in [3.05, 3.63) is 42.0 Å². The second-order valence-electron chi connectivity index (χ2n) is 6.61. The summed E-state index contributed by atoms with van der Waals surface area (Å²) >= 11 is 0. The number of nitrogens with one attached hydrogen (secondary N) is 2. The van der Waals surface area contributed by atoms with Crippen molar-refractivity contribution >= 4 is 40.0 Å². The molecule has 29 heavy (non-hydrogen) atoms. The van der Waals surface area contributed by atoms with E-state index < -0.39 is 10.0 Å². The van der Waals surface area contributed by atoms with Gasteiger partial charge in [0.2, 0.25) is 10.0 Å². The highest BCUT2D eigenvalue weighted by atomic mass is 127. The number of benzene rings is 1. The number of rotatable bonds is 8. The van der Waals surface area contributed by atoms with Gasteiger partial charge in [-0.1, -0.05) is 12.1 Å². The van der Waals surface area contributed by atoms with E-state index in [0.717, 1.165) is 17.9 Å². The molecule has 9 nitrogen and oxygen atoms in total. The van der Waals surface area contributed by atoms with Gasteiger partial charge in [0.1, 0.15) is 12.2 Å². The van der Waals surface area contributed by atoms with Gasteiger partial charge >= 0.3 is 0 Å². The van der Waals surface area contributed by atoms with Gasteiger partial charge in [-0.3, -0.25) is 4.68 Å². The normalized spacial score (nSPS) is 12.2. The second-order valence-corrected chi connectivity index (χ2v) is 8.61. The molecule has 2 rings (SSSR count). The molecule has 0 unspecified atom stereocenters. The summed E-state index contributed by atoms with van der Waals surface area (Å²) in [6.07, 6.45) is 1.51. The van der Waals surface area contributed by atoms with Crippen molar-refractivity contribution in [1.82, 2.24) is 29.7 Å². The van der Waals surface area contributed by atoms with Crippen molar-refractivity contribution in [2.75, 3.05) is 13.6 Å². The van der Waals surface area contributed by atoms with Crippen LogP contribution in [0.4, 0.5) is 0 Å². The summed E-state index contributed by atoms with van der Waals surface area (Å²) in [5.74, 6) is 1.45. The molecule has 2 aromatic rings. The van der Waals surface area contributed by atoms with Gasteiger partial charge in [0.15, 0.2) is 5.96 Å². The summed E-state index contributed by atoms with van der Waals surface area (Å²) in [6.45, 7) is 7.33. The van der Waals surface area contributed by atoms with Gasteiger partial charge in [-0.25, -0.2) is 18.4 Å². The van der Waals surface area contributed by atoms with E-state index >= 15 is 0 Å². The quantitative estimate of drug-likeness (QED) is 0.303. The third-order valence-corrected chi connectivity index (χ3v) is 6.36. The fourth-order valence-electron chi connectivity index (χ4n) is 2.37. The lowest BCUT2D eigenvalue weighted by Crippen LogP contribution is -2.37. The molecule has 11 heteroatoms. The lowest BCUT2D eigenvalue weighted by atomic mass is 10.2. The summed E-state index contributed by atoms with van der Waals surface area (Å²) in [4.78, 5) is 9.00. The highest BCUT2D eigenvalue weighted by molar-refractivity contribution is 14.0. The Balaban J connectivity index is 0.00000420. The molecule has 0 spiro atoms. The first-order valence-corrected chi connectivity index (χ1v) is 10.6. The molecule has 0 bridgehead atoms. The average molecular weight is 535 g/mol. The Morgan fingerprint density at radius 3 is 2.41 bits per heavy atom. The van der Waals surface area contributed by atoms with Gasteiger partial charge in [0.25, 0.3) is 0 Å². The van der Waals surface area contributed by atoms with Crippen molar-refractivity contribution in [3.8, 4) is 0 Å². The molecule has 0 amide bonds. The first-order chi connectivity index (χ1) is 13.3. The predicted octanol–water partition coefficient (Wildman–Crippen LogP) is 1.72. The summed E-state index contributed by atoms with van der Waals surface area (Å²) in [6, 6.07) is 6.72. The zero-order chi connectivity index (χ0) is 20.7. The molecule has 0 saturated carbocycles. The summed E-state index contributed by atoms with van der Waals surface area (Å²) < 4.78 is 28.1. The minimum Gasteiger partial charge on any atom is -0.357 e. The van der Waals surface area contributed by atoms with Gasteiger partial charge in [-0.15, -0.1) is 24.0 Å². The number of hydrogen-bond donors (Lipinski definition) is 2. The molecule has 0 aliphatic heterocycles. The van der Waals surface area contributed by atoms with Crippen LogP contribution in [0, 0.1) is 0 Å². The molecule has 0 saturated heterocycles. The maximum atomic E-state index is 12.5. The summed E-state index contributed by atoms with van der Waals surface area (Å²) in [5.41, 5.74) is 0.919. The molecule has 1 aromatic carbocycles. The van der Waals surface area contributed by atoms with Crippen LogP contribution in [0.1, 0.15) is 32.2 Å². The number of nitrogens with zero attached hydrogens (tertiary/aromatic N) is 5. The fourth-order valence-corrected chi connectivity index (χ4v) is 3.73. The number of halogens is 1. The monoisotopic (exact) mass is 535 g/mol. The Morgan fingerprint density at radius 2 is 1.90 bits per heavy atom. The van der Waals surface area contributed by atoms with Crippen molar-refractivity contribution in [1.29, 1.82) is 0 Å². The third-order valence-electron chi connectivity index (χ3n) is 4.31. The predicted molar refractivity (Wildman–Crippen MR) is 125 cm³/mol. The third kappa shape index (κ3) is 6.93. The Kier molecular flexibility index (Phi) is 10.00. The Hall–Kier alpha value is -1.73. The van der Waals surface area contributed by atoms with E-state index in [2.05, 4.69) is 25.7 Å². The van der Waals surface area contributed by atoms with Crippen LogP contribution in [-0.4, -0.2) is 53.1 Å². The maximum Gasteiger partial charge on any atom is 0.243 e. The molecule has 0 aliphatic carbocycles. The van der Waals surface area contributed by atoms with Crippen LogP contribution in [-0.2, 0) is 30.2 Å². The van der Waals surface area contributed by atoms with Gasteiger partial charge < -0.3 is 10.6 Å². The van der Waals surface area contributed by atoms with Gasteiger partial charge in [0, 0.05) is 26.7 Å². The fraction of sp³-hybridized carbons (Fsp3) is 0.500. The molecule has 0 radical (unpaired) electrons. The highest BCUT2D eigenvalue weighted by Crippen LogP contribution is 2.17. The molecule has 0 aliphatic rings. The van der Waals surface area contributed by atoms with Crippen molar-refractivity contribution in [2.24, 2.45) is 12.0 Å². The first-order valence-electron chi connectivity index (χ1n) is 9.17. The Morgan fingerprint density at radius 1 is 1.24 bits per heavy atom. The molecule has 162 valence electrons. The van der Waals surface area contributed by atoms with Crippen LogP contribution < -0.4 is 10.6 Å². The molecular weight excluding hydrogens is 505 g/mol. The second kappa shape index (κ2) is 11.5. The van der Waals surface area contributed by atoms with Gasteiger partial charge in [-0.2, -0.15) is 9.40 Å². The van der Waals surface area contributed by atoms with Crippen LogP contribution in [0.15, 0.2) is 40.5 Å². The van der Waals surface area contributed by atoms with Crippen molar-refractivity contribution in [3.63, 3.8) is 0 Å². The minimum atomic E-state index is -3.48. The van der Waals surface area contributed by atoms with Crippen LogP contribution in [0.3, 0.4) is 0 Å². The molecular formula is C18H30IN7O2S. The molecule has 1 heterocycles.